The highest BCUT2D eigenvalue weighted by atomic mass is 16.3. The van der Waals surface area contributed by atoms with E-state index in [0.29, 0.717) is 6.04 Å². The molecule has 1 aromatic heterocycles. The van der Waals surface area contributed by atoms with Crippen LogP contribution in [0, 0.1) is 0 Å². The molecule has 0 spiro atoms. The van der Waals surface area contributed by atoms with Crippen molar-refractivity contribution in [2.75, 3.05) is 13.1 Å². The molecule has 0 aliphatic heterocycles. The lowest BCUT2D eigenvalue weighted by molar-refractivity contribution is 0.264. The summed E-state index contributed by atoms with van der Waals surface area (Å²) in [5.74, 6) is 2.07. The number of nitrogens with zero attached hydrogens (tertiary/aromatic N) is 1. The third kappa shape index (κ3) is 5.32. The van der Waals surface area contributed by atoms with Crippen LogP contribution in [0.5, 0.6) is 0 Å². The maximum absolute atomic E-state index is 5.91. The first kappa shape index (κ1) is 16.8. The van der Waals surface area contributed by atoms with Gasteiger partial charge in [-0.15, -0.1) is 0 Å². The van der Waals surface area contributed by atoms with Crippen LogP contribution < -0.4 is 5.32 Å². The van der Waals surface area contributed by atoms with Gasteiger partial charge in [-0.1, -0.05) is 44.2 Å². The van der Waals surface area contributed by atoms with E-state index < -0.39 is 0 Å². The average molecular weight is 300 g/mol. The quantitative estimate of drug-likeness (QED) is 0.762. The molecular formula is C19H28N2O. The van der Waals surface area contributed by atoms with E-state index in [9.17, 15) is 0 Å². The topological polar surface area (TPSA) is 28.4 Å². The van der Waals surface area contributed by atoms with E-state index >= 15 is 0 Å². The molecule has 0 aliphatic carbocycles. The highest BCUT2D eigenvalue weighted by Crippen LogP contribution is 2.11. The van der Waals surface area contributed by atoms with E-state index in [2.05, 4.69) is 73.5 Å². The minimum atomic E-state index is 0.429. The summed E-state index contributed by atoms with van der Waals surface area (Å²) in [6.07, 6.45) is 1.04. The maximum atomic E-state index is 5.91. The number of hydrogen-bond acceptors (Lipinski definition) is 3. The van der Waals surface area contributed by atoms with Crippen molar-refractivity contribution in [3.8, 4) is 0 Å². The Bertz CT molecular complexity index is 531. The Morgan fingerprint density at radius 2 is 1.68 bits per heavy atom. The first-order valence-electron chi connectivity index (χ1n) is 8.28. The van der Waals surface area contributed by atoms with E-state index in [-0.39, 0.29) is 0 Å². The molecule has 22 heavy (non-hydrogen) atoms. The van der Waals surface area contributed by atoms with E-state index in [1.165, 1.54) is 5.56 Å². The highest BCUT2D eigenvalue weighted by Gasteiger charge is 2.08. The molecule has 1 unspecified atom stereocenters. The molecule has 0 amide bonds. The highest BCUT2D eigenvalue weighted by molar-refractivity contribution is 5.15. The van der Waals surface area contributed by atoms with Crippen LogP contribution >= 0.6 is 0 Å². The van der Waals surface area contributed by atoms with Crippen molar-refractivity contribution in [1.82, 2.24) is 10.2 Å². The summed E-state index contributed by atoms with van der Waals surface area (Å²) < 4.78 is 5.91. The Labute approximate surface area is 134 Å². The lowest BCUT2D eigenvalue weighted by Gasteiger charge is -2.16. The smallest absolute Gasteiger partial charge is 0.118 e. The van der Waals surface area contributed by atoms with Crippen molar-refractivity contribution in [1.29, 1.82) is 0 Å². The summed E-state index contributed by atoms with van der Waals surface area (Å²) in [6, 6.07) is 15.2. The molecule has 3 heteroatoms. The zero-order valence-corrected chi connectivity index (χ0v) is 14.0. The SMILES string of the molecule is CCN(CC)Cc1ccc(CNC(C)Cc2ccccc2)o1. The van der Waals surface area contributed by atoms with Gasteiger partial charge in [-0.05, 0) is 44.1 Å². The molecule has 1 aromatic carbocycles. The van der Waals surface area contributed by atoms with E-state index in [4.69, 9.17) is 4.42 Å². The number of hydrogen-bond donors (Lipinski definition) is 1. The number of benzene rings is 1. The van der Waals surface area contributed by atoms with Crippen LogP contribution in [-0.2, 0) is 19.5 Å². The zero-order chi connectivity index (χ0) is 15.8. The predicted octanol–water partition coefficient (Wildman–Crippen LogP) is 3.84. The molecule has 0 aliphatic rings. The van der Waals surface area contributed by atoms with Gasteiger partial charge in [0.05, 0.1) is 13.1 Å². The Hall–Kier alpha value is -1.58. The van der Waals surface area contributed by atoms with Gasteiger partial charge in [0.2, 0.25) is 0 Å². The molecule has 0 fully saturated rings. The minimum Gasteiger partial charge on any atom is -0.463 e. The molecule has 1 N–H and O–H groups in total. The van der Waals surface area contributed by atoms with Crippen LogP contribution in [0.3, 0.4) is 0 Å². The van der Waals surface area contributed by atoms with Crippen LogP contribution in [-0.4, -0.2) is 24.0 Å². The average Bonchev–Trinajstić information content (AvgIpc) is 2.99. The second-order valence-electron chi connectivity index (χ2n) is 5.80. The fourth-order valence-electron chi connectivity index (χ4n) is 2.58. The van der Waals surface area contributed by atoms with Crippen LogP contribution in [0.2, 0.25) is 0 Å². The van der Waals surface area contributed by atoms with Gasteiger partial charge in [-0.25, -0.2) is 0 Å². The summed E-state index contributed by atoms with van der Waals surface area (Å²) in [5, 5.41) is 3.53. The molecule has 1 heterocycles. The molecule has 2 aromatic rings. The third-order valence-corrected chi connectivity index (χ3v) is 4.00. The van der Waals surface area contributed by atoms with Crippen molar-refractivity contribution in [3.05, 3.63) is 59.5 Å². The van der Waals surface area contributed by atoms with Gasteiger partial charge < -0.3 is 9.73 Å². The second-order valence-corrected chi connectivity index (χ2v) is 5.80. The molecule has 120 valence electrons. The van der Waals surface area contributed by atoms with Gasteiger partial charge in [0, 0.05) is 6.04 Å². The summed E-state index contributed by atoms with van der Waals surface area (Å²) in [5.41, 5.74) is 1.36. The molecule has 2 rings (SSSR count). The van der Waals surface area contributed by atoms with E-state index in [1.807, 2.05) is 0 Å². The van der Waals surface area contributed by atoms with Gasteiger partial charge in [0.1, 0.15) is 11.5 Å². The fourth-order valence-corrected chi connectivity index (χ4v) is 2.58. The number of furan rings is 1. The van der Waals surface area contributed by atoms with Crippen molar-refractivity contribution >= 4 is 0 Å². The first-order valence-corrected chi connectivity index (χ1v) is 8.28. The lowest BCUT2D eigenvalue weighted by Crippen LogP contribution is -2.27. The Kier molecular flexibility index (Phi) is 6.69. The summed E-state index contributed by atoms with van der Waals surface area (Å²) in [7, 11) is 0. The molecule has 1 atom stereocenters. The molecule has 0 radical (unpaired) electrons. The Morgan fingerprint density at radius 3 is 2.36 bits per heavy atom. The standard InChI is InChI=1S/C19H28N2O/c1-4-21(5-2)15-19-12-11-18(22-19)14-20-16(3)13-17-9-7-6-8-10-17/h6-12,16,20H,4-5,13-15H2,1-3H3. The third-order valence-electron chi connectivity index (χ3n) is 4.00. The summed E-state index contributed by atoms with van der Waals surface area (Å²) in [4.78, 5) is 2.36. The van der Waals surface area contributed by atoms with Crippen molar-refractivity contribution in [3.63, 3.8) is 0 Å². The van der Waals surface area contributed by atoms with E-state index in [1.54, 1.807) is 0 Å². The summed E-state index contributed by atoms with van der Waals surface area (Å²) in [6.45, 7) is 10.4. The predicted molar refractivity (Wildman–Crippen MR) is 91.8 cm³/mol. The maximum Gasteiger partial charge on any atom is 0.118 e. The second kappa shape index (κ2) is 8.76. The molecular weight excluding hydrogens is 272 g/mol. The minimum absolute atomic E-state index is 0.429. The Morgan fingerprint density at radius 1 is 1.00 bits per heavy atom. The van der Waals surface area contributed by atoms with Crippen LogP contribution in [0.15, 0.2) is 46.9 Å². The fraction of sp³-hybridized carbons (Fsp3) is 0.474. The van der Waals surface area contributed by atoms with Crippen LogP contribution in [0.25, 0.3) is 0 Å². The Balaban J connectivity index is 1.78. The number of rotatable bonds is 9. The zero-order valence-electron chi connectivity index (χ0n) is 14.0. The summed E-state index contributed by atoms with van der Waals surface area (Å²) >= 11 is 0. The number of nitrogens with one attached hydrogen (secondary N) is 1. The monoisotopic (exact) mass is 300 g/mol. The first-order chi connectivity index (χ1) is 10.7. The molecule has 3 nitrogen and oxygen atoms in total. The van der Waals surface area contributed by atoms with Gasteiger partial charge in [0.25, 0.3) is 0 Å². The van der Waals surface area contributed by atoms with Gasteiger partial charge in [0.15, 0.2) is 0 Å². The van der Waals surface area contributed by atoms with Crippen molar-refractivity contribution in [2.24, 2.45) is 0 Å². The van der Waals surface area contributed by atoms with Crippen LogP contribution in [0.1, 0.15) is 37.9 Å². The molecule has 0 saturated carbocycles. The lowest BCUT2D eigenvalue weighted by atomic mass is 10.1. The molecule has 0 bridgehead atoms. The van der Waals surface area contributed by atoms with Crippen LogP contribution in [0.4, 0.5) is 0 Å². The van der Waals surface area contributed by atoms with Gasteiger partial charge in [-0.3, -0.25) is 4.90 Å². The van der Waals surface area contributed by atoms with Crippen molar-refractivity contribution in [2.45, 2.75) is 46.3 Å². The molecule has 0 saturated heterocycles. The van der Waals surface area contributed by atoms with Gasteiger partial charge >= 0.3 is 0 Å². The van der Waals surface area contributed by atoms with Gasteiger partial charge in [-0.2, -0.15) is 0 Å². The normalized spacial score (nSPS) is 12.7. The largest absolute Gasteiger partial charge is 0.463 e. The van der Waals surface area contributed by atoms with Crippen molar-refractivity contribution < 1.29 is 4.42 Å². The van der Waals surface area contributed by atoms with E-state index in [0.717, 1.165) is 44.1 Å².